The third kappa shape index (κ3) is 2.75. The van der Waals surface area contributed by atoms with Gasteiger partial charge < -0.3 is 9.73 Å². The van der Waals surface area contributed by atoms with Crippen LogP contribution in [0.4, 0.5) is 5.95 Å². The molecule has 5 rings (SSSR count). The summed E-state index contributed by atoms with van der Waals surface area (Å²) >= 11 is 12.2. The van der Waals surface area contributed by atoms with Gasteiger partial charge in [-0.25, -0.2) is 4.68 Å². The summed E-state index contributed by atoms with van der Waals surface area (Å²) < 4.78 is 7.61. The van der Waals surface area contributed by atoms with E-state index in [-0.39, 0.29) is 5.78 Å². The molecule has 3 aromatic rings. The van der Waals surface area contributed by atoms with Gasteiger partial charge in [-0.3, -0.25) is 4.79 Å². The van der Waals surface area contributed by atoms with Crippen molar-refractivity contribution in [3.63, 3.8) is 0 Å². The van der Waals surface area contributed by atoms with Crippen molar-refractivity contribution in [3.05, 3.63) is 63.2 Å². The molecule has 2 aliphatic rings. The summed E-state index contributed by atoms with van der Waals surface area (Å²) in [5.74, 6) is 2.65. The summed E-state index contributed by atoms with van der Waals surface area (Å²) in [7, 11) is 0. The largest absolute Gasteiger partial charge is 0.464 e. The molecule has 28 heavy (non-hydrogen) atoms. The molecule has 8 heteroatoms. The third-order valence-electron chi connectivity index (χ3n) is 5.08. The van der Waals surface area contributed by atoms with Crippen LogP contribution in [0.3, 0.4) is 0 Å². The molecule has 1 atom stereocenters. The third-order valence-corrected chi connectivity index (χ3v) is 5.82. The molecule has 6 nitrogen and oxygen atoms in total. The van der Waals surface area contributed by atoms with Gasteiger partial charge in [-0.2, -0.15) is 4.98 Å². The van der Waals surface area contributed by atoms with E-state index in [1.54, 1.807) is 16.8 Å². The number of hydrogen-bond acceptors (Lipinski definition) is 5. The fraction of sp³-hybridized carbons (Fsp3) is 0.250. The highest BCUT2D eigenvalue weighted by molar-refractivity contribution is 6.42. The van der Waals surface area contributed by atoms with Gasteiger partial charge in [0, 0.05) is 23.3 Å². The Bertz CT molecular complexity index is 1150. The number of hydrogen-bond donors (Lipinski definition) is 1. The standard InChI is InChI=1S/C20H16Cl2N4O2/c1-10-5-8-16(28-10)18-17-14(3-2-4-15(17)27)23-20-24-19(25-26(18)20)11-6-7-12(21)13(22)9-11/h5-9,18H,2-4H2,1H3,(H,23,24,25). The van der Waals surface area contributed by atoms with E-state index >= 15 is 0 Å². The number of nitrogens with one attached hydrogen (secondary N) is 1. The van der Waals surface area contributed by atoms with Gasteiger partial charge in [-0.1, -0.05) is 23.2 Å². The predicted molar refractivity (Wildman–Crippen MR) is 107 cm³/mol. The van der Waals surface area contributed by atoms with Crippen molar-refractivity contribution in [2.24, 2.45) is 0 Å². The van der Waals surface area contributed by atoms with Crippen LogP contribution in [0.1, 0.15) is 36.8 Å². The molecule has 1 unspecified atom stereocenters. The van der Waals surface area contributed by atoms with Crippen LogP contribution in [0.2, 0.25) is 10.0 Å². The molecule has 1 aromatic carbocycles. The van der Waals surface area contributed by atoms with Crippen molar-refractivity contribution in [2.75, 3.05) is 5.32 Å². The Balaban J connectivity index is 1.67. The van der Waals surface area contributed by atoms with Gasteiger partial charge in [-0.15, -0.1) is 5.10 Å². The van der Waals surface area contributed by atoms with Crippen LogP contribution in [0.15, 0.2) is 46.0 Å². The van der Waals surface area contributed by atoms with Crippen molar-refractivity contribution in [2.45, 2.75) is 32.2 Å². The first-order chi connectivity index (χ1) is 13.5. The van der Waals surface area contributed by atoms with Gasteiger partial charge in [0.15, 0.2) is 11.6 Å². The molecule has 1 aliphatic heterocycles. The summed E-state index contributed by atoms with van der Waals surface area (Å²) in [6, 6.07) is 8.61. The number of ketones is 1. The zero-order valence-electron chi connectivity index (χ0n) is 15.0. The second kappa shape index (κ2) is 6.50. The number of carbonyl (C=O) groups excluding carboxylic acids is 1. The smallest absolute Gasteiger partial charge is 0.227 e. The number of Topliss-reactive ketones (excluding diaryl/α,β-unsaturated/α-hetero) is 1. The Hall–Kier alpha value is -2.57. The first-order valence-corrected chi connectivity index (χ1v) is 9.78. The predicted octanol–water partition coefficient (Wildman–Crippen LogP) is 5.18. The van der Waals surface area contributed by atoms with E-state index in [1.807, 2.05) is 25.1 Å². The minimum Gasteiger partial charge on any atom is -0.464 e. The van der Waals surface area contributed by atoms with E-state index in [0.29, 0.717) is 39.6 Å². The topological polar surface area (TPSA) is 73.0 Å². The molecule has 0 amide bonds. The highest BCUT2D eigenvalue weighted by atomic mass is 35.5. The van der Waals surface area contributed by atoms with Gasteiger partial charge in [0.2, 0.25) is 5.95 Å². The molecule has 0 saturated heterocycles. The van der Waals surface area contributed by atoms with Gasteiger partial charge in [-0.05, 0) is 50.1 Å². The van der Waals surface area contributed by atoms with Crippen LogP contribution in [-0.2, 0) is 4.79 Å². The van der Waals surface area contributed by atoms with E-state index in [4.69, 9.17) is 27.6 Å². The van der Waals surface area contributed by atoms with E-state index in [0.717, 1.165) is 29.9 Å². The fourth-order valence-electron chi connectivity index (χ4n) is 3.78. The Morgan fingerprint density at radius 3 is 2.79 bits per heavy atom. The molecule has 2 aromatic heterocycles. The number of rotatable bonds is 2. The molecular formula is C20H16Cl2N4O2. The molecule has 1 aliphatic carbocycles. The van der Waals surface area contributed by atoms with Crippen LogP contribution in [0.25, 0.3) is 11.4 Å². The van der Waals surface area contributed by atoms with Crippen LogP contribution in [-0.4, -0.2) is 20.5 Å². The maximum Gasteiger partial charge on any atom is 0.227 e. The monoisotopic (exact) mass is 414 g/mol. The van der Waals surface area contributed by atoms with Crippen molar-refractivity contribution in [3.8, 4) is 11.4 Å². The highest BCUT2D eigenvalue weighted by Crippen LogP contribution is 2.41. The Labute approximate surface area is 171 Å². The van der Waals surface area contributed by atoms with Gasteiger partial charge in [0.05, 0.1) is 10.0 Å². The molecular weight excluding hydrogens is 399 g/mol. The van der Waals surface area contributed by atoms with Crippen LogP contribution in [0, 0.1) is 6.92 Å². The van der Waals surface area contributed by atoms with E-state index in [1.165, 1.54) is 0 Å². The van der Waals surface area contributed by atoms with Crippen LogP contribution in [0.5, 0.6) is 0 Å². The van der Waals surface area contributed by atoms with Gasteiger partial charge >= 0.3 is 0 Å². The quantitative estimate of drug-likeness (QED) is 0.625. The number of benzene rings is 1. The molecule has 0 saturated carbocycles. The van der Waals surface area contributed by atoms with Crippen molar-refractivity contribution >= 4 is 34.9 Å². The number of fused-ring (bicyclic) bond motifs is 1. The average molecular weight is 415 g/mol. The molecule has 3 heterocycles. The number of halogens is 2. The lowest BCUT2D eigenvalue weighted by molar-refractivity contribution is -0.116. The molecule has 1 N–H and O–H groups in total. The minimum atomic E-state index is -0.434. The van der Waals surface area contributed by atoms with Crippen molar-refractivity contribution < 1.29 is 9.21 Å². The zero-order chi connectivity index (χ0) is 19.4. The fourth-order valence-corrected chi connectivity index (χ4v) is 4.08. The van der Waals surface area contributed by atoms with E-state index < -0.39 is 6.04 Å². The van der Waals surface area contributed by atoms with E-state index in [9.17, 15) is 4.79 Å². The molecule has 0 radical (unpaired) electrons. The molecule has 0 fully saturated rings. The number of aromatic nitrogens is 3. The summed E-state index contributed by atoms with van der Waals surface area (Å²) in [4.78, 5) is 17.4. The average Bonchev–Trinajstić information content (AvgIpc) is 3.28. The summed E-state index contributed by atoms with van der Waals surface area (Å²) in [5.41, 5.74) is 2.35. The second-order valence-corrected chi connectivity index (χ2v) is 7.79. The molecule has 142 valence electrons. The number of allylic oxidation sites excluding steroid dienone is 2. The number of furan rings is 1. The molecule has 0 spiro atoms. The normalized spacial score (nSPS) is 18.7. The first kappa shape index (κ1) is 17.5. The Kier molecular flexibility index (Phi) is 4.07. The number of anilines is 1. The SMILES string of the molecule is Cc1ccc(C2C3=C(CCCC3=O)Nc3nc(-c4ccc(Cl)c(Cl)c4)nn32)o1. The summed E-state index contributed by atoms with van der Waals surface area (Å²) in [5, 5.41) is 8.89. The summed E-state index contributed by atoms with van der Waals surface area (Å²) in [6.45, 7) is 1.88. The zero-order valence-corrected chi connectivity index (χ0v) is 16.5. The Morgan fingerprint density at radius 2 is 2.04 bits per heavy atom. The first-order valence-electron chi connectivity index (χ1n) is 9.03. The van der Waals surface area contributed by atoms with Crippen molar-refractivity contribution in [1.82, 2.24) is 14.8 Å². The highest BCUT2D eigenvalue weighted by Gasteiger charge is 2.38. The number of aryl methyl sites for hydroxylation is 1. The lowest BCUT2D eigenvalue weighted by atomic mass is 9.88. The van der Waals surface area contributed by atoms with Gasteiger partial charge in [0.1, 0.15) is 17.6 Å². The van der Waals surface area contributed by atoms with E-state index in [2.05, 4.69) is 15.4 Å². The maximum absolute atomic E-state index is 12.8. The Morgan fingerprint density at radius 1 is 1.18 bits per heavy atom. The van der Waals surface area contributed by atoms with Crippen molar-refractivity contribution in [1.29, 1.82) is 0 Å². The van der Waals surface area contributed by atoms with Crippen LogP contribution < -0.4 is 5.32 Å². The number of carbonyl (C=O) groups is 1. The summed E-state index contributed by atoms with van der Waals surface area (Å²) in [6.07, 6.45) is 2.15. The number of nitrogens with zero attached hydrogens (tertiary/aromatic N) is 3. The molecule has 0 bridgehead atoms. The van der Waals surface area contributed by atoms with Gasteiger partial charge in [0.25, 0.3) is 0 Å². The lowest BCUT2D eigenvalue weighted by Crippen LogP contribution is -2.31. The lowest BCUT2D eigenvalue weighted by Gasteiger charge is -2.30. The maximum atomic E-state index is 12.8. The second-order valence-electron chi connectivity index (χ2n) is 6.98. The minimum absolute atomic E-state index is 0.116. The van der Waals surface area contributed by atoms with Crippen LogP contribution >= 0.6 is 23.2 Å².